The van der Waals surface area contributed by atoms with Crippen LogP contribution in [0.25, 0.3) is 0 Å². The molecule has 0 spiro atoms. The van der Waals surface area contributed by atoms with Gasteiger partial charge in [-0.05, 0) is 24.6 Å². The number of amides is 1. The third kappa shape index (κ3) is 2.66. The van der Waals surface area contributed by atoms with Crippen LogP contribution in [0.1, 0.15) is 17.2 Å². The number of rotatable bonds is 3. The molecule has 0 bridgehead atoms. The molecule has 2 atom stereocenters. The summed E-state index contributed by atoms with van der Waals surface area (Å²) in [5.74, 6) is -0.0855. The Balaban J connectivity index is 1.63. The van der Waals surface area contributed by atoms with E-state index in [9.17, 15) is 4.79 Å². The first kappa shape index (κ1) is 11.9. The van der Waals surface area contributed by atoms with Gasteiger partial charge in [0.2, 0.25) is 0 Å². The fourth-order valence-corrected chi connectivity index (χ4v) is 2.06. The Hall–Kier alpha value is -2.13. The molecule has 3 heteroatoms. The molecular formula is C16H15NO2. The van der Waals surface area contributed by atoms with E-state index >= 15 is 0 Å². The molecular weight excluding hydrogens is 238 g/mol. The van der Waals surface area contributed by atoms with E-state index in [1.165, 1.54) is 5.56 Å². The Morgan fingerprint density at radius 2 is 1.74 bits per heavy atom. The van der Waals surface area contributed by atoms with Crippen LogP contribution >= 0.6 is 0 Å². The topological polar surface area (TPSA) is 41.6 Å². The summed E-state index contributed by atoms with van der Waals surface area (Å²) in [7, 11) is 0. The van der Waals surface area contributed by atoms with Gasteiger partial charge < -0.3 is 10.1 Å². The Labute approximate surface area is 112 Å². The van der Waals surface area contributed by atoms with Gasteiger partial charge in [0, 0.05) is 5.69 Å². The monoisotopic (exact) mass is 253 g/mol. The minimum atomic E-state index is -0.372. The number of epoxide rings is 1. The van der Waals surface area contributed by atoms with Crippen molar-refractivity contribution in [3.8, 4) is 0 Å². The second kappa shape index (κ2) is 4.86. The van der Waals surface area contributed by atoms with Gasteiger partial charge in [-0.15, -0.1) is 0 Å². The molecule has 1 N–H and O–H groups in total. The molecule has 2 aromatic carbocycles. The molecule has 2 aromatic rings. The maximum atomic E-state index is 12.0. The van der Waals surface area contributed by atoms with Crippen LogP contribution in [0.4, 0.5) is 5.69 Å². The molecule has 0 unspecified atom stereocenters. The summed E-state index contributed by atoms with van der Waals surface area (Å²) < 4.78 is 5.45. The standard InChI is InChI=1S/C16H15NO2/c1-11-7-9-13(10-8-11)17-16(18)15-14(19-15)12-5-3-2-4-6-12/h2-10,14-15H,1H3,(H,17,18)/t14-,15+/m0/s1. The van der Waals surface area contributed by atoms with E-state index in [1.54, 1.807) is 0 Å². The van der Waals surface area contributed by atoms with Gasteiger partial charge in [-0.2, -0.15) is 0 Å². The lowest BCUT2D eigenvalue weighted by Gasteiger charge is -2.03. The van der Waals surface area contributed by atoms with E-state index in [0.29, 0.717) is 0 Å². The number of benzene rings is 2. The van der Waals surface area contributed by atoms with E-state index in [2.05, 4.69) is 5.32 Å². The average molecular weight is 253 g/mol. The molecule has 0 aliphatic carbocycles. The van der Waals surface area contributed by atoms with Gasteiger partial charge in [-0.1, -0.05) is 48.0 Å². The Morgan fingerprint density at radius 1 is 1.05 bits per heavy atom. The molecule has 0 radical (unpaired) electrons. The van der Waals surface area contributed by atoms with Crippen LogP contribution in [0, 0.1) is 6.92 Å². The molecule has 1 aliphatic heterocycles. The summed E-state index contributed by atoms with van der Waals surface area (Å²) in [5.41, 5.74) is 3.02. The highest BCUT2D eigenvalue weighted by Crippen LogP contribution is 2.39. The minimum absolute atomic E-state index is 0.0855. The third-order valence-electron chi connectivity index (χ3n) is 3.20. The van der Waals surface area contributed by atoms with Crippen molar-refractivity contribution in [2.45, 2.75) is 19.1 Å². The van der Waals surface area contributed by atoms with Crippen LogP contribution in [0.2, 0.25) is 0 Å². The SMILES string of the molecule is Cc1ccc(NC(=O)[C@@H]2O[C@H]2c2ccccc2)cc1. The molecule has 0 saturated carbocycles. The average Bonchev–Trinajstić information content (AvgIpc) is 3.23. The Bertz CT molecular complexity index is 577. The molecule has 3 nitrogen and oxygen atoms in total. The van der Waals surface area contributed by atoms with Crippen molar-refractivity contribution in [2.24, 2.45) is 0 Å². The molecule has 1 fully saturated rings. The quantitative estimate of drug-likeness (QED) is 0.854. The number of hydrogen-bond acceptors (Lipinski definition) is 2. The van der Waals surface area contributed by atoms with Crippen LogP contribution < -0.4 is 5.32 Å². The van der Waals surface area contributed by atoms with Crippen molar-refractivity contribution in [1.82, 2.24) is 0 Å². The number of carbonyl (C=O) groups excluding carboxylic acids is 1. The number of nitrogens with one attached hydrogen (secondary N) is 1. The predicted molar refractivity (Wildman–Crippen MR) is 73.9 cm³/mol. The van der Waals surface area contributed by atoms with Crippen LogP contribution in [0.5, 0.6) is 0 Å². The highest BCUT2D eigenvalue weighted by Gasteiger charge is 2.45. The van der Waals surface area contributed by atoms with E-state index in [1.807, 2.05) is 61.5 Å². The van der Waals surface area contributed by atoms with Gasteiger partial charge in [0.1, 0.15) is 6.10 Å². The highest BCUT2D eigenvalue weighted by atomic mass is 16.6. The van der Waals surface area contributed by atoms with Gasteiger partial charge in [-0.25, -0.2) is 0 Å². The number of carbonyl (C=O) groups is 1. The molecule has 1 amide bonds. The van der Waals surface area contributed by atoms with Crippen molar-refractivity contribution in [3.05, 3.63) is 65.7 Å². The molecule has 1 heterocycles. The number of ether oxygens (including phenoxy) is 1. The molecule has 1 saturated heterocycles. The van der Waals surface area contributed by atoms with Crippen LogP contribution in [0.3, 0.4) is 0 Å². The van der Waals surface area contributed by atoms with Crippen molar-refractivity contribution >= 4 is 11.6 Å². The van der Waals surface area contributed by atoms with E-state index in [4.69, 9.17) is 4.74 Å². The summed E-state index contributed by atoms with van der Waals surface area (Å²) in [4.78, 5) is 12.0. The maximum Gasteiger partial charge on any atom is 0.256 e. The lowest BCUT2D eigenvalue weighted by Crippen LogP contribution is -2.18. The van der Waals surface area contributed by atoms with Crippen molar-refractivity contribution in [2.75, 3.05) is 5.32 Å². The number of anilines is 1. The van der Waals surface area contributed by atoms with Crippen molar-refractivity contribution in [3.63, 3.8) is 0 Å². The smallest absolute Gasteiger partial charge is 0.256 e. The summed E-state index contributed by atoms with van der Waals surface area (Å²) in [5, 5.41) is 2.87. The Kier molecular flexibility index (Phi) is 3.05. The van der Waals surface area contributed by atoms with E-state index in [-0.39, 0.29) is 18.1 Å². The van der Waals surface area contributed by atoms with Gasteiger partial charge in [0.15, 0.2) is 6.10 Å². The summed E-state index contributed by atoms with van der Waals surface area (Å²) >= 11 is 0. The lowest BCUT2D eigenvalue weighted by atomic mass is 10.1. The largest absolute Gasteiger partial charge is 0.354 e. The normalized spacial score (nSPS) is 20.9. The minimum Gasteiger partial charge on any atom is -0.354 e. The highest BCUT2D eigenvalue weighted by molar-refractivity contribution is 5.96. The van der Waals surface area contributed by atoms with Gasteiger partial charge in [-0.3, -0.25) is 4.79 Å². The van der Waals surface area contributed by atoms with Crippen LogP contribution in [-0.2, 0) is 9.53 Å². The van der Waals surface area contributed by atoms with Crippen molar-refractivity contribution < 1.29 is 9.53 Å². The van der Waals surface area contributed by atoms with Gasteiger partial charge in [0.05, 0.1) is 0 Å². The number of aryl methyl sites for hydroxylation is 1. The van der Waals surface area contributed by atoms with Gasteiger partial charge in [0.25, 0.3) is 5.91 Å². The zero-order valence-corrected chi connectivity index (χ0v) is 10.7. The molecule has 3 rings (SSSR count). The third-order valence-corrected chi connectivity index (χ3v) is 3.20. The maximum absolute atomic E-state index is 12.0. The first-order valence-corrected chi connectivity index (χ1v) is 6.32. The first-order chi connectivity index (χ1) is 9.24. The van der Waals surface area contributed by atoms with Gasteiger partial charge >= 0.3 is 0 Å². The predicted octanol–water partition coefficient (Wildman–Crippen LogP) is 3.07. The molecule has 0 aromatic heterocycles. The zero-order chi connectivity index (χ0) is 13.2. The lowest BCUT2D eigenvalue weighted by molar-refractivity contribution is -0.117. The zero-order valence-electron chi connectivity index (χ0n) is 10.7. The molecule has 19 heavy (non-hydrogen) atoms. The number of hydrogen-bond donors (Lipinski definition) is 1. The van der Waals surface area contributed by atoms with E-state index in [0.717, 1.165) is 11.3 Å². The summed E-state index contributed by atoms with van der Waals surface area (Å²) in [6.07, 6.45) is -0.477. The second-order valence-corrected chi connectivity index (χ2v) is 4.74. The van der Waals surface area contributed by atoms with Crippen LogP contribution in [-0.4, -0.2) is 12.0 Å². The fourth-order valence-electron chi connectivity index (χ4n) is 2.06. The first-order valence-electron chi connectivity index (χ1n) is 6.32. The molecule has 96 valence electrons. The second-order valence-electron chi connectivity index (χ2n) is 4.74. The molecule has 1 aliphatic rings. The summed E-state index contributed by atoms with van der Waals surface area (Å²) in [6, 6.07) is 17.5. The Morgan fingerprint density at radius 3 is 2.42 bits per heavy atom. The summed E-state index contributed by atoms with van der Waals surface area (Å²) in [6.45, 7) is 2.01. The fraction of sp³-hybridized carbons (Fsp3) is 0.188. The van der Waals surface area contributed by atoms with E-state index < -0.39 is 0 Å². The van der Waals surface area contributed by atoms with Crippen molar-refractivity contribution in [1.29, 1.82) is 0 Å². The van der Waals surface area contributed by atoms with Crippen LogP contribution in [0.15, 0.2) is 54.6 Å².